The summed E-state index contributed by atoms with van der Waals surface area (Å²) in [6.07, 6.45) is 16.2. The summed E-state index contributed by atoms with van der Waals surface area (Å²) in [6, 6.07) is 10.9. The number of nitrogens with two attached hydrogens (primary N) is 1. The average Bonchev–Trinajstić information content (AvgIpc) is 2.49. The molecular formula is C19H32N. The summed E-state index contributed by atoms with van der Waals surface area (Å²) in [5, 5.41) is 0. The number of hydrogen-bond donors (Lipinski definition) is 1. The van der Waals surface area contributed by atoms with Gasteiger partial charge in [-0.1, -0.05) is 88.1 Å². The lowest BCUT2D eigenvalue weighted by Crippen LogP contribution is -1.89. The fourth-order valence-electron chi connectivity index (χ4n) is 2.65. The van der Waals surface area contributed by atoms with Crippen LogP contribution >= 0.6 is 0 Å². The third-order valence-electron chi connectivity index (χ3n) is 3.93. The predicted molar refractivity (Wildman–Crippen MR) is 89.4 cm³/mol. The highest BCUT2D eigenvalue weighted by atomic mass is 14.5. The van der Waals surface area contributed by atoms with Crippen molar-refractivity contribution in [1.29, 1.82) is 0 Å². The lowest BCUT2D eigenvalue weighted by molar-refractivity contribution is 0.550. The Kier molecular flexibility index (Phi) is 11.4. The second kappa shape index (κ2) is 13.2. The summed E-state index contributed by atoms with van der Waals surface area (Å²) < 4.78 is 0. The smallest absolute Gasteiger partial charge is 0.0192 e. The second-order valence-electron chi connectivity index (χ2n) is 5.80. The van der Waals surface area contributed by atoms with Crippen LogP contribution in [0.5, 0.6) is 0 Å². The second-order valence-corrected chi connectivity index (χ2v) is 5.80. The maximum absolute atomic E-state index is 5.36. The quantitative estimate of drug-likeness (QED) is 0.463. The van der Waals surface area contributed by atoms with Crippen molar-refractivity contribution < 1.29 is 0 Å². The molecule has 1 aromatic carbocycles. The van der Waals surface area contributed by atoms with Crippen LogP contribution in [0.1, 0.15) is 76.2 Å². The van der Waals surface area contributed by atoms with Gasteiger partial charge in [-0.25, -0.2) is 0 Å². The van der Waals surface area contributed by atoms with Crippen LogP contribution in [0, 0.1) is 6.54 Å². The highest BCUT2D eigenvalue weighted by molar-refractivity contribution is 5.14. The van der Waals surface area contributed by atoms with Crippen LogP contribution in [0.2, 0.25) is 0 Å². The van der Waals surface area contributed by atoms with E-state index in [1.54, 1.807) is 6.54 Å². The van der Waals surface area contributed by atoms with Crippen molar-refractivity contribution in [2.45, 2.75) is 77.0 Å². The third kappa shape index (κ3) is 10.0. The topological polar surface area (TPSA) is 26.0 Å². The van der Waals surface area contributed by atoms with Crippen LogP contribution in [0.3, 0.4) is 0 Å². The molecule has 1 nitrogen and oxygen atoms in total. The Morgan fingerprint density at radius 3 is 1.70 bits per heavy atom. The first-order valence-corrected chi connectivity index (χ1v) is 8.51. The first kappa shape index (κ1) is 17.2. The van der Waals surface area contributed by atoms with Gasteiger partial charge in [0.25, 0.3) is 0 Å². The first-order valence-electron chi connectivity index (χ1n) is 8.51. The molecule has 0 aliphatic rings. The monoisotopic (exact) mass is 274 g/mol. The maximum atomic E-state index is 5.36. The summed E-state index contributed by atoms with van der Waals surface area (Å²) in [6.45, 7) is 1.79. The SMILES string of the molecule is N[CH]CCCCCCCCCCCCc1ccccc1. The molecule has 1 aromatic rings. The highest BCUT2D eigenvalue weighted by Crippen LogP contribution is 2.12. The Hall–Kier alpha value is -0.820. The fourth-order valence-corrected chi connectivity index (χ4v) is 2.65. The molecule has 0 aliphatic heterocycles. The summed E-state index contributed by atoms with van der Waals surface area (Å²) >= 11 is 0. The molecule has 0 heterocycles. The molecule has 2 N–H and O–H groups in total. The van der Waals surface area contributed by atoms with Crippen LogP contribution in [0.15, 0.2) is 30.3 Å². The fraction of sp³-hybridized carbons (Fsp3) is 0.632. The van der Waals surface area contributed by atoms with Gasteiger partial charge in [-0.15, -0.1) is 0 Å². The van der Waals surface area contributed by atoms with Crippen molar-refractivity contribution in [3.63, 3.8) is 0 Å². The van der Waals surface area contributed by atoms with E-state index in [0.717, 1.165) is 6.42 Å². The standard InChI is InChI=1S/C19H32N/c20-18-14-9-7-5-3-1-2-4-6-8-11-15-19-16-12-10-13-17-19/h10,12-13,16-18H,1-9,11,14-15,20H2. The minimum atomic E-state index is 1.08. The van der Waals surface area contributed by atoms with Gasteiger partial charge >= 0.3 is 0 Å². The number of rotatable bonds is 13. The Bertz CT molecular complexity index is 294. The Morgan fingerprint density at radius 1 is 0.650 bits per heavy atom. The molecule has 1 radical (unpaired) electrons. The van der Waals surface area contributed by atoms with Crippen molar-refractivity contribution in [1.82, 2.24) is 0 Å². The average molecular weight is 274 g/mol. The number of aryl methyl sites for hydroxylation is 1. The van der Waals surface area contributed by atoms with Crippen molar-refractivity contribution >= 4 is 0 Å². The van der Waals surface area contributed by atoms with Gasteiger partial charge in [-0.05, 0) is 24.8 Å². The summed E-state index contributed by atoms with van der Waals surface area (Å²) in [4.78, 5) is 0. The minimum Gasteiger partial charge on any atom is -0.326 e. The zero-order valence-corrected chi connectivity index (χ0v) is 13.0. The molecule has 0 aliphatic carbocycles. The molecule has 0 unspecified atom stereocenters. The minimum absolute atomic E-state index is 1.08. The van der Waals surface area contributed by atoms with Gasteiger partial charge in [0.05, 0.1) is 0 Å². The summed E-state index contributed by atoms with van der Waals surface area (Å²) in [5.74, 6) is 0. The molecular weight excluding hydrogens is 242 g/mol. The molecule has 0 bridgehead atoms. The Labute approximate surface area is 126 Å². The van der Waals surface area contributed by atoms with E-state index in [0.29, 0.717) is 0 Å². The Balaban J connectivity index is 1.77. The maximum Gasteiger partial charge on any atom is 0.0192 e. The molecule has 0 atom stereocenters. The number of unbranched alkanes of at least 4 members (excludes halogenated alkanes) is 10. The normalized spacial score (nSPS) is 10.8. The zero-order valence-electron chi connectivity index (χ0n) is 13.0. The van der Waals surface area contributed by atoms with E-state index in [4.69, 9.17) is 5.73 Å². The van der Waals surface area contributed by atoms with Crippen LogP contribution in [-0.2, 0) is 6.42 Å². The molecule has 1 rings (SSSR count). The molecule has 0 saturated heterocycles. The zero-order chi connectivity index (χ0) is 14.3. The van der Waals surface area contributed by atoms with E-state index in [1.807, 2.05) is 0 Å². The van der Waals surface area contributed by atoms with E-state index in [-0.39, 0.29) is 0 Å². The van der Waals surface area contributed by atoms with Crippen LogP contribution < -0.4 is 5.73 Å². The van der Waals surface area contributed by atoms with Crippen LogP contribution in [0.25, 0.3) is 0 Å². The molecule has 0 spiro atoms. The number of hydrogen-bond acceptors (Lipinski definition) is 1. The van der Waals surface area contributed by atoms with Gasteiger partial charge in [-0.2, -0.15) is 0 Å². The summed E-state index contributed by atoms with van der Waals surface area (Å²) in [7, 11) is 0. The highest BCUT2D eigenvalue weighted by Gasteiger charge is 1.94. The van der Waals surface area contributed by atoms with E-state index in [2.05, 4.69) is 30.3 Å². The van der Waals surface area contributed by atoms with Crippen molar-refractivity contribution in [3.05, 3.63) is 42.4 Å². The first-order chi connectivity index (χ1) is 9.93. The molecule has 0 aromatic heterocycles. The van der Waals surface area contributed by atoms with Gasteiger partial charge in [0.1, 0.15) is 0 Å². The number of benzene rings is 1. The molecule has 113 valence electrons. The predicted octanol–water partition coefficient (Wildman–Crippen LogP) is 5.64. The van der Waals surface area contributed by atoms with E-state index in [9.17, 15) is 0 Å². The lowest BCUT2D eigenvalue weighted by Gasteiger charge is -2.03. The lowest BCUT2D eigenvalue weighted by atomic mass is 10.0. The molecule has 20 heavy (non-hydrogen) atoms. The van der Waals surface area contributed by atoms with Crippen molar-refractivity contribution in [2.24, 2.45) is 5.73 Å². The van der Waals surface area contributed by atoms with E-state index >= 15 is 0 Å². The largest absolute Gasteiger partial charge is 0.326 e. The molecule has 0 amide bonds. The molecule has 0 fully saturated rings. The Morgan fingerprint density at radius 2 is 1.15 bits per heavy atom. The van der Waals surface area contributed by atoms with Gasteiger partial charge in [-0.3, -0.25) is 0 Å². The van der Waals surface area contributed by atoms with Gasteiger partial charge in [0.2, 0.25) is 0 Å². The van der Waals surface area contributed by atoms with Crippen LogP contribution in [-0.4, -0.2) is 0 Å². The van der Waals surface area contributed by atoms with Crippen LogP contribution in [0.4, 0.5) is 0 Å². The molecule has 1 heteroatoms. The van der Waals surface area contributed by atoms with E-state index < -0.39 is 0 Å². The van der Waals surface area contributed by atoms with Crippen molar-refractivity contribution in [2.75, 3.05) is 0 Å². The molecule has 0 saturated carbocycles. The van der Waals surface area contributed by atoms with Crippen molar-refractivity contribution in [3.8, 4) is 0 Å². The third-order valence-corrected chi connectivity index (χ3v) is 3.93. The van der Waals surface area contributed by atoms with Gasteiger partial charge < -0.3 is 5.73 Å². The van der Waals surface area contributed by atoms with Gasteiger partial charge in [0, 0.05) is 6.54 Å². The van der Waals surface area contributed by atoms with E-state index in [1.165, 1.54) is 76.2 Å². The summed E-state index contributed by atoms with van der Waals surface area (Å²) in [5.41, 5.74) is 6.85. The van der Waals surface area contributed by atoms with Gasteiger partial charge in [0.15, 0.2) is 0 Å².